The SMILES string of the molecule is CCOC(=O)c1sc2nc(C)cc(C)c2c1NC(=O)CSc1nncn1Cc1ccco1. The van der Waals surface area contributed by atoms with Gasteiger partial charge in [0.15, 0.2) is 5.16 Å². The summed E-state index contributed by atoms with van der Waals surface area (Å²) in [5, 5.41) is 12.2. The van der Waals surface area contributed by atoms with E-state index in [9.17, 15) is 9.59 Å². The Morgan fingerprint density at radius 2 is 2.19 bits per heavy atom. The highest BCUT2D eigenvalue weighted by molar-refractivity contribution is 7.99. The number of hydrogen-bond donors (Lipinski definition) is 1. The highest BCUT2D eigenvalue weighted by Crippen LogP contribution is 2.38. The van der Waals surface area contributed by atoms with Crippen molar-refractivity contribution in [1.29, 1.82) is 0 Å². The van der Waals surface area contributed by atoms with E-state index >= 15 is 0 Å². The van der Waals surface area contributed by atoms with Crippen molar-refractivity contribution in [1.82, 2.24) is 19.7 Å². The number of amides is 1. The predicted molar refractivity (Wildman–Crippen MR) is 122 cm³/mol. The van der Waals surface area contributed by atoms with E-state index < -0.39 is 5.97 Å². The number of rotatable bonds is 8. The molecule has 0 saturated heterocycles. The van der Waals surface area contributed by atoms with Gasteiger partial charge in [-0.25, -0.2) is 9.78 Å². The van der Waals surface area contributed by atoms with E-state index in [0.29, 0.717) is 27.1 Å². The number of nitrogens with zero attached hydrogens (tertiary/aromatic N) is 4. The highest BCUT2D eigenvalue weighted by atomic mass is 32.2. The lowest BCUT2D eigenvalue weighted by Crippen LogP contribution is -2.17. The van der Waals surface area contributed by atoms with E-state index in [4.69, 9.17) is 9.15 Å². The van der Waals surface area contributed by atoms with Crippen LogP contribution in [0.2, 0.25) is 0 Å². The van der Waals surface area contributed by atoms with Crippen molar-refractivity contribution in [3.63, 3.8) is 0 Å². The van der Waals surface area contributed by atoms with E-state index in [1.165, 1.54) is 23.1 Å². The molecule has 4 aromatic rings. The zero-order chi connectivity index (χ0) is 22.7. The molecule has 0 aliphatic rings. The minimum Gasteiger partial charge on any atom is -0.467 e. The van der Waals surface area contributed by atoms with Crippen molar-refractivity contribution >= 4 is 50.9 Å². The van der Waals surface area contributed by atoms with Crippen molar-refractivity contribution in [3.05, 3.63) is 52.7 Å². The number of esters is 1. The van der Waals surface area contributed by atoms with E-state index in [-0.39, 0.29) is 18.3 Å². The summed E-state index contributed by atoms with van der Waals surface area (Å²) < 4.78 is 12.4. The number of carbonyl (C=O) groups excluding carboxylic acids is 2. The Labute approximate surface area is 192 Å². The number of furan rings is 1. The van der Waals surface area contributed by atoms with Crippen LogP contribution in [0.15, 0.2) is 40.4 Å². The number of anilines is 1. The number of fused-ring (bicyclic) bond motifs is 1. The molecule has 4 heterocycles. The van der Waals surface area contributed by atoms with Gasteiger partial charge in [-0.2, -0.15) is 0 Å². The molecule has 32 heavy (non-hydrogen) atoms. The molecule has 166 valence electrons. The zero-order valence-corrected chi connectivity index (χ0v) is 19.4. The largest absolute Gasteiger partial charge is 0.467 e. The van der Waals surface area contributed by atoms with Crippen molar-refractivity contribution in [2.45, 2.75) is 32.5 Å². The molecule has 0 unspecified atom stereocenters. The molecule has 0 bridgehead atoms. The molecule has 0 aliphatic heterocycles. The minimum atomic E-state index is -0.478. The summed E-state index contributed by atoms with van der Waals surface area (Å²) in [5.74, 6) is 0.106. The van der Waals surface area contributed by atoms with E-state index in [2.05, 4.69) is 20.5 Å². The minimum absolute atomic E-state index is 0.0921. The Bertz CT molecular complexity index is 1260. The first kappa shape index (κ1) is 22.0. The summed E-state index contributed by atoms with van der Waals surface area (Å²) in [6, 6.07) is 5.59. The number of thioether (sulfide) groups is 1. The molecular weight excluding hydrogens is 450 g/mol. The quantitative estimate of drug-likeness (QED) is 0.302. The lowest BCUT2D eigenvalue weighted by atomic mass is 10.1. The second-order valence-corrected chi connectivity index (χ2v) is 8.89. The third-order valence-corrected chi connectivity index (χ3v) is 6.58. The molecule has 11 heteroatoms. The van der Waals surface area contributed by atoms with Crippen LogP contribution in [0.25, 0.3) is 10.2 Å². The smallest absolute Gasteiger partial charge is 0.350 e. The van der Waals surface area contributed by atoms with Gasteiger partial charge in [-0.1, -0.05) is 11.8 Å². The molecule has 0 atom stereocenters. The van der Waals surface area contributed by atoms with Gasteiger partial charge in [0.25, 0.3) is 0 Å². The normalized spacial score (nSPS) is 11.1. The molecule has 0 saturated carbocycles. The summed E-state index contributed by atoms with van der Waals surface area (Å²) in [5.41, 5.74) is 2.22. The average Bonchev–Trinajstić information content (AvgIpc) is 3.48. The Kier molecular flexibility index (Phi) is 6.56. The van der Waals surface area contributed by atoms with Gasteiger partial charge in [-0.15, -0.1) is 21.5 Å². The first-order chi connectivity index (χ1) is 15.5. The van der Waals surface area contributed by atoms with Crippen LogP contribution >= 0.6 is 23.1 Å². The lowest BCUT2D eigenvalue weighted by molar-refractivity contribution is -0.113. The standard InChI is InChI=1S/C21H21N5O4S2/c1-4-29-20(28)18-17(16-12(2)8-13(3)23-19(16)32-18)24-15(27)10-31-21-25-22-11-26(21)9-14-6-5-7-30-14/h5-8,11H,4,9-10H2,1-3H3,(H,24,27). The molecule has 1 amide bonds. The predicted octanol–water partition coefficient (Wildman–Crippen LogP) is 4.05. The fraction of sp³-hybridized carbons (Fsp3) is 0.286. The molecule has 0 radical (unpaired) electrons. The number of pyridine rings is 1. The summed E-state index contributed by atoms with van der Waals surface area (Å²) >= 11 is 2.47. The van der Waals surface area contributed by atoms with Gasteiger partial charge in [-0.05, 0) is 44.5 Å². The van der Waals surface area contributed by atoms with Gasteiger partial charge in [0.2, 0.25) is 5.91 Å². The fourth-order valence-corrected chi connectivity index (χ4v) is 5.10. The van der Waals surface area contributed by atoms with E-state index in [1.54, 1.807) is 24.1 Å². The Morgan fingerprint density at radius 3 is 2.94 bits per heavy atom. The van der Waals surface area contributed by atoms with Crippen LogP contribution in [0, 0.1) is 13.8 Å². The second kappa shape index (κ2) is 9.53. The molecule has 0 aromatic carbocycles. The molecule has 1 N–H and O–H groups in total. The average molecular weight is 472 g/mol. The number of aryl methyl sites for hydroxylation is 2. The maximum Gasteiger partial charge on any atom is 0.350 e. The van der Waals surface area contributed by atoms with Crippen molar-refractivity contribution < 1.29 is 18.7 Å². The molecule has 0 fully saturated rings. The van der Waals surface area contributed by atoms with Crippen molar-refractivity contribution in [2.24, 2.45) is 0 Å². The van der Waals surface area contributed by atoms with Crippen LogP contribution in [-0.2, 0) is 16.1 Å². The molecule has 0 spiro atoms. The number of ether oxygens (including phenoxy) is 1. The van der Waals surface area contributed by atoms with Gasteiger partial charge >= 0.3 is 5.97 Å². The van der Waals surface area contributed by atoms with Crippen LogP contribution in [0.1, 0.15) is 33.6 Å². The third-order valence-electron chi connectivity index (χ3n) is 4.53. The molecule has 4 aromatic heterocycles. The first-order valence-corrected chi connectivity index (χ1v) is 11.7. The third kappa shape index (κ3) is 4.68. The lowest BCUT2D eigenvalue weighted by Gasteiger charge is -2.09. The Balaban J connectivity index is 1.53. The molecule has 9 nitrogen and oxygen atoms in total. The monoisotopic (exact) mass is 471 g/mol. The second-order valence-electron chi connectivity index (χ2n) is 6.94. The van der Waals surface area contributed by atoms with Gasteiger partial charge in [0.1, 0.15) is 21.8 Å². The number of hydrogen-bond acceptors (Lipinski definition) is 9. The van der Waals surface area contributed by atoms with Crippen LogP contribution in [0.3, 0.4) is 0 Å². The van der Waals surface area contributed by atoms with Crippen LogP contribution in [-0.4, -0.2) is 44.0 Å². The van der Waals surface area contributed by atoms with Gasteiger partial charge in [0.05, 0.1) is 30.9 Å². The van der Waals surface area contributed by atoms with E-state index in [1.807, 2.05) is 32.0 Å². The molecular formula is C21H21N5O4S2. The highest BCUT2D eigenvalue weighted by Gasteiger charge is 2.24. The van der Waals surface area contributed by atoms with Gasteiger partial charge in [-0.3, -0.25) is 4.79 Å². The first-order valence-electron chi connectivity index (χ1n) is 9.87. The maximum atomic E-state index is 12.8. The summed E-state index contributed by atoms with van der Waals surface area (Å²) in [6.07, 6.45) is 3.19. The zero-order valence-electron chi connectivity index (χ0n) is 17.7. The van der Waals surface area contributed by atoms with Crippen LogP contribution < -0.4 is 5.32 Å². The van der Waals surface area contributed by atoms with Gasteiger partial charge < -0.3 is 19.0 Å². The number of nitrogens with one attached hydrogen (secondary N) is 1. The van der Waals surface area contributed by atoms with E-state index in [0.717, 1.165) is 22.4 Å². The number of carbonyl (C=O) groups is 2. The summed E-state index contributed by atoms with van der Waals surface area (Å²) in [4.78, 5) is 30.9. The molecule has 0 aliphatic carbocycles. The molecule has 4 rings (SSSR count). The number of thiophene rings is 1. The topological polar surface area (TPSA) is 112 Å². The van der Waals surface area contributed by atoms with Crippen molar-refractivity contribution in [2.75, 3.05) is 17.7 Å². The van der Waals surface area contributed by atoms with Gasteiger partial charge in [0, 0.05) is 11.1 Å². The summed E-state index contributed by atoms with van der Waals surface area (Å²) in [7, 11) is 0. The summed E-state index contributed by atoms with van der Waals surface area (Å²) in [6.45, 7) is 6.28. The van der Waals surface area contributed by atoms with Crippen molar-refractivity contribution in [3.8, 4) is 0 Å². The Morgan fingerprint density at radius 1 is 1.34 bits per heavy atom. The van der Waals surface area contributed by atoms with Crippen LogP contribution in [0.4, 0.5) is 5.69 Å². The number of aromatic nitrogens is 4. The van der Waals surface area contributed by atoms with Crippen LogP contribution in [0.5, 0.6) is 0 Å². The Hall–Kier alpha value is -3.18. The maximum absolute atomic E-state index is 12.8. The fourth-order valence-electron chi connectivity index (χ4n) is 3.24.